The molecule has 0 bridgehead atoms. The van der Waals surface area contributed by atoms with E-state index in [4.69, 9.17) is 14.7 Å². The number of nitrogens with one attached hydrogen (secondary N) is 1. The lowest BCUT2D eigenvalue weighted by molar-refractivity contribution is 0.0123. The molecule has 0 aromatic carbocycles. The summed E-state index contributed by atoms with van der Waals surface area (Å²) in [6, 6.07) is 3.73. The van der Waals surface area contributed by atoms with Gasteiger partial charge in [-0.2, -0.15) is 5.26 Å². The number of likely N-dealkylation sites (tertiary alicyclic amines) is 1. The summed E-state index contributed by atoms with van der Waals surface area (Å²) in [7, 11) is 0. The average Bonchev–Trinajstić information content (AvgIpc) is 3.16. The van der Waals surface area contributed by atoms with Gasteiger partial charge in [0.15, 0.2) is 5.13 Å². The molecule has 30 heavy (non-hydrogen) atoms. The zero-order valence-corrected chi connectivity index (χ0v) is 18.8. The second kappa shape index (κ2) is 10.7. The Morgan fingerprint density at radius 1 is 1.27 bits per heavy atom. The van der Waals surface area contributed by atoms with Crippen molar-refractivity contribution in [1.82, 2.24) is 19.9 Å². The maximum atomic E-state index is 12.1. The predicted molar refractivity (Wildman–Crippen MR) is 115 cm³/mol. The minimum atomic E-state index is -0.500. The average molecular weight is 433 g/mol. The molecule has 162 valence electrons. The number of ether oxygens (including phenoxy) is 2. The van der Waals surface area contributed by atoms with Crippen LogP contribution in [0.2, 0.25) is 0 Å². The van der Waals surface area contributed by atoms with E-state index in [-0.39, 0.29) is 12.2 Å². The Balaban J connectivity index is 0.00000155. The fraction of sp³-hybridized carbons (Fsp3) is 0.550. The molecule has 3 rings (SSSR count). The summed E-state index contributed by atoms with van der Waals surface area (Å²) < 4.78 is 11.4. The first-order chi connectivity index (χ1) is 14.3. The van der Waals surface area contributed by atoms with E-state index < -0.39 is 5.60 Å². The Labute approximate surface area is 181 Å². The van der Waals surface area contributed by atoms with Gasteiger partial charge in [0.2, 0.25) is 5.88 Å². The first kappa shape index (κ1) is 23.3. The van der Waals surface area contributed by atoms with Crippen LogP contribution in [-0.2, 0) is 4.74 Å². The third kappa shape index (κ3) is 7.15. The number of anilines is 2. The molecule has 1 fully saturated rings. The van der Waals surface area contributed by atoms with Gasteiger partial charge in [-0.25, -0.2) is 19.7 Å². The van der Waals surface area contributed by atoms with Gasteiger partial charge >= 0.3 is 6.09 Å². The van der Waals surface area contributed by atoms with E-state index in [9.17, 15) is 4.79 Å². The van der Waals surface area contributed by atoms with Crippen LogP contribution in [0.3, 0.4) is 0 Å². The number of nitrogens with zero attached hydrogens (tertiary/aromatic N) is 5. The molecular weight excluding hydrogens is 404 g/mol. The lowest BCUT2D eigenvalue weighted by atomic mass is 10.1. The van der Waals surface area contributed by atoms with Crippen LogP contribution < -0.4 is 10.1 Å². The molecule has 0 aliphatic carbocycles. The topological polar surface area (TPSA) is 113 Å². The second-order valence-corrected chi connectivity index (χ2v) is 8.32. The first-order valence-corrected chi connectivity index (χ1v) is 10.7. The molecule has 0 radical (unpaired) electrons. The fourth-order valence-electron chi connectivity index (χ4n) is 2.62. The molecule has 1 aliphatic rings. The van der Waals surface area contributed by atoms with Crippen molar-refractivity contribution in [3.63, 3.8) is 0 Å². The summed E-state index contributed by atoms with van der Waals surface area (Å²) in [6.45, 7) is 10.7. The van der Waals surface area contributed by atoms with E-state index in [0.717, 1.165) is 0 Å². The normalized spacial score (nSPS) is 14.2. The maximum absolute atomic E-state index is 12.1. The maximum Gasteiger partial charge on any atom is 0.410 e. The highest BCUT2D eigenvalue weighted by molar-refractivity contribution is 7.16. The van der Waals surface area contributed by atoms with Gasteiger partial charge < -0.3 is 19.7 Å². The first-order valence-electron chi connectivity index (χ1n) is 9.92. The van der Waals surface area contributed by atoms with Crippen LogP contribution in [0.5, 0.6) is 5.88 Å². The largest absolute Gasteiger partial charge is 0.474 e. The van der Waals surface area contributed by atoms with E-state index >= 15 is 0 Å². The van der Waals surface area contributed by atoms with Crippen LogP contribution >= 0.6 is 11.3 Å². The van der Waals surface area contributed by atoms with Gasteiger partial charge in [-0.15, -0.1) is 0 Å². The highest BCUT2D eigenvalue weighted by Gasteiger charge is 2.27. The van der Waals surface area contributed by atoms with E-state index in [1.807, 2.05) is 40.7 Å². The van der Waals surface area contributed by atoms with Gasteiger partial charge in [-0.1, -0.05) is 25.2 Å². The van der Waals surface area contributed by atoms with Crippen molar-refractivity contribution in [3.8, 4) is 11.9 Å². The highest BCUT2D eigenvalue weighted by Crippen LogP contribution is 2.24. The number of carbonyl (C=O) groups is 1. The molecule has 2 aromatic heterocycles. The number of amides is 1. The molecule has 1 amide bonds. The van der Waals surface area contributed by atoms with Crippen molar-refractivity contribution < 1.29 is 14.3 Å². The lowest BCUT2D eigenvalue weighted by Gasteiger charge is -2.33. The van der Waals surface area contributed by atoms with Crippen LogP contribution in [0.25, 0.3) is 0 Å². The number of thiazole rings is 1. The van der Waals surface area contributed by atoms with E-state index in [1.165, 1.54) is 23.9 Å². The van der Waals surface area contributed by atoms with Crippen molar-refractivity contribution in [1.29, 1.82) is 5.26 Å². The van der Waals surface area contributed by atoms with Crippen molar-refractivity contribution in [2.45, 2.75) is 59.2 Å². The Morgan fingerprint density at radius 2 is 1.97 bits per heavy atom. The number of piperidine rings is 1. The number of aromatic nitrogens is 3. The molecule has 0 atom stereocenters. The molecular formula is C20H28N6O3S. The van der Waals surface area contributed by atoms with E-state index in [1.54, 1.807) is 11.0 Å². The summed E-state index contributed by atoms with van der Waals surface area (Å²) >= 11 is 1.24. The number of carbonyl (C=O) groups excluding carboxylic acids is 1. The molecule has 1 saturated heterocycles. The van der Waals surface area contributed by atoms with Crippen LogP contribution in [0.4, 0.5) is 15.7 Å². The minimum Gasteiger partial charge on any atom is -0.474 e. The molecule has 1 aliphatic heterocycles. The van der Waals surface area contributed by atoms with Crippen LogP contribution in [0, 0.1) is 11.3 Å². The summed E-state index contributed by atoms with van der Waals surface area (Å²) in [4.78, 5) is 26.8. The van der Waals surface area contributed by atoms with Gasteiger partial charge in [-0.3, -0.25) is 0 Å². The van der Waals surface area contributed by atoms with Crippen molar-refractivity contribution in [3.05, 3.63) is 23.5 Å². The van der Waals surface area contributed by atoms with Crippen molar-refractivity contribution >= 4 is 28.4 Å². The monoisotopic (exact) mass is 432 g/mol. The summed E-state index contributed by atoms with van der Waals surface area (Å²) in [5, 5.41) is 12.5. The minimum absolute atomic E-state index is 0.0357. The molecule has 9 nitrogen and oxygen atoms in total. The number of nitriles is 1. The van der Waals surface area contributed by atoms with Crippen LogP contribution in [0.1, 0.15) is 52.3 Å². The van der Waals surface area contributed by atoms with Gasteiger partial charge in [0.1, 0.15) is 34.8 Å². The number of hydrogen-bond donors (Lipinski definition) is 1. The van der Waals surface area contributed by atoms with Gasteiger partial charge in [-0.05, 0) is 20.8 Å². The summed E-state index contributed by atoms with van der Waals surface area (Å²) in [5.41, 5.74) is -0.500. The molecule has 2 aromatic rings. The number of hydrogen-bond acceptors (Lipinski definition) is 9. The molecule has 0 saturated carbocycles. The SMILES string of the molecule is CC.CC(C)(C)OC(=O)N1CCC(Oc2cc(Nc3ncc(C#N)s3)ncn2)CC1. The highest BCUT2D eigenvalue weighted by atomic mass is 32.1. The quantitative estimate of drug-likeness (QED) is 0.758. The molecule has 3 heterocycles. The zero-order chi connectivity index (χ0) is 22.1. The van der Waals surface area contributed by atoms with Gasteiger partial charge in [0.25, 0.3) is 0 Å². The number of rotatable bonds is 4. The fourth-order valence-corrected chi connectivity index (χ4v) is 3.24. The van der Waals surface area contributed by atoms with E-state index in [2.05, 4.69) is 20.3 Å². The molecule has 1 N–H and O–H groups in total. The predicted octanol–water partition coefficient (Wildman–Crippen LogP) is 4.35. The Kier molecular flexibility index (Phi) is 8.35. The van der Waals surface area contributed by atoms with Crippen molar-refractivity contribution in [2.75, 3.05) is 18.4 Å². The second-order valence-electron chi connectivity index (χ2n) is 7.29. The standard InChI is InChI=1S/C18H22N6O3S.C2H6/c1-18(2,3)27-17(25)24-6-4-12(5-7-24)26-15-8-14(21-11-22-15)23-16-20-10-13(9-19)28-16;1-2/h8,10-12H,4-7H2,1-3H3,(H,20,21,22,23);1-2H3. The smallest absolute Gasteiger partial charge is 0.410 e. The van der Waals surface area contributed by atoms with E-state index in [0.29, 0.717) is 47.6 Å². The molecule has 0 unspecified atom stereocenters. The lowest BCUT2D eigenvalue weighted by Crippen LogP contribution is -2.44. The Bertz CT molecular complexity index is 866. The Morgan fingerprint density at radius 3 is 2.57 bits per heavy atom. The summed E-state index contributed by atoms with van der Waals surface area (Å²) in [6.07, 6.45) is 3.98. The van der Waals surface area contributed by atoms with Gasteiger partial charge in [0, 0.05) is 32.0 Å². The van der Waals surface area contributed by atoms with Crippen LogP contribution in [-0.4, -0.2) is 50.7 Å². The van der Waals surface area contributed by atoms with Gasteiger partial charge in [0.05, 0.1) is 6.20 Å². The molecule has 10 heteroatoms. The van der Waals surface area contributed by atoms with Crippen LogP contribution in [0.15, 0.2) is 18.6 Å². The Hall–Kier alpha value is -2.93. The summed E-state index contributed by atoms with van der Waals surface area (Å²) in [5.74, 6) is 0.986. The van der Waals surface area contributed by atoms with Crippen molar-refractivity contribution in [2.24, 2.45) is 0 Å². The molecule has 0 spiro atoms. The zero-order valence-electron chi connectivity index (χ0n) is 18.0. The third-order valence-electron chi connectivity index (χ3n) is 3.87. The third-order valence-corrected chi connectivity index (χ3v) is 4.69.